The fourth-order valence-electron chi connectivity index (χ4n) is 3.55. The van der Waals surface area contributed by atoms with Crippen LogP contribution in [0.1, 0.15) is 36.8 Å². The van der Waals surface area contributed by atoms with Gasteiger partial charge in [0.2, 0.25) is 11.8 Å². The van der Waals surface area contributed by atoms with Gasteiger partial charge in [0, 0.05) is 24.2 Å². The Bertz CT molecular complexity index is 1190. The van der Waals surface area contributed by atoms with Crippen LogP contribution in [0.4, 0.5) is 11.4 Å². The third-order valence-electron chi connectivity index (χ3n) is 5.41. The number of carbonyl (C=O) groups excluding carboxylic acids is 3. The number of carbonyl (C=O) groups is 3. The highest BCUT2D eigenvalue weighted by Crippen LogP contribution is 2.16. The Labute approximate surface area is 222 Å². The van der Waals surface area contributed by atoms with Crippen molar-refractivity contribution >= 4 is 46.5 Å². The first kappa shape index (κ1) is 27.5. The molecule has 3 aromatic carbocycles. The molecule has 0 aromatic heterocycles. The van der Waals surface area contributed by atoms with Crippen LogP contribution in [0.15, 0.2) is 84.9 Å². The van der Waals surface area contributed by atoms with E-state index in [0.29, 0.717) is 30.8 Å². The molecule has 3 N–H and O–H groups in total. The van der Waals surface area contributed by atoms with Gasteiger partial charge < -0.3 is 20.7 Å². The van der Waals surface area contributed by atoms with E-state index in [4.69, 9.17) is 17.0 Å². The van der Waals surface area contributed by atoms with Gasteiger partial charge in [0.15, 0.2) is 5.11 Å². The molecule has 0 aliphatic carbocycles. The largest absolute Gasteiger partial charge is 0.466 e. The van der Waals surface area contributed by atoms with Crippen LogP contribution in [0, 0.1) is 0 Å². The molecule has 0 saturated heterocycles. The average molecular weight is 518 g/mol. The number of hydrogen-bond acceptors (Lipinski definition) is 5. The minimum atomic E-state index is -0.419. The lowest BCUT2D eigenvalue weighted by Crippen LogP contribution is -2.34. The topological polar surface area (TPSA) is 96.5 Å². The first-order valence-corrected chi connectivity index (χ1v) is 12.6. The number of hydrogen-bond donors (Lipinski definition) is 3. The summed E-state index contributed by atoms with van der Waals surface area (Å²) in [5.74, 6) is -0.897. The average Bonchev–Trinajstić information content (AvgIpc) is 2.90. The van der Waals surface area contributed by atoms with Crippen LogP contribution in [0.2, 0.25) is 0 Å². The Morgan fingerprint density at radius 2 is 1.30 bits per heavy atom. The number of rotatable bonds is 12. The van der Waals surface area contributed by atoms with Crippen LogP contribution >= 0.6 is 12.2 Å². The zero-order chi connectivity index (χ0) is 26.3. The SMILES string of the molecule is O=C(CCC(=O)OCCCc1ccccc1)NC(=S)Nc1cccc(NC(=O)CCc2ccccc2)c1. The van der Waals surface area contributed by atoms with E-state index >= 15 is 0 Å². The Balaban J connectivity index is 1.32. The number of anilines is 2. The highest BCUT2D eigenvalue weighted by molar-refractivity contribution is 7.80. The predicted octanol–water partition coefficient (Wildman–Crippen LogP) is 5.03. The minimum absolute atomic E-state index is 0.0235. The summed E-state index contributed by atoms with van der Waals surface area (Å²) in [7, 11) is 0. The normalized spacial score (nSPS) is 10.3. The molecule has 8 heteroatoms. The monoisotopic (exact) mass is 517 g/mol. The van der Waals surface area contributed by atoms with Crippen molar-refractivity contribution in [2.45, 2.75) is 38.5 Å². The Kier molecular flexibility index (Phi) is 11.3. The van der Waals surface area contributed by atoms with Crippen LogP contribution in [0.25, 0.3) is 0 Å². The van der Waals surface area contributed by atoms with Crippen molar-refractivity contribution < 1.29 is 19.1 Å². The van der Waals surface area contributed by atoms with Crippen LogP contribution in [-0.4, -0.2) is 29.5 Å². The summed E-state index contributed by atoms with van der Waals surface area (Å²) < 4.78 is 5.20. The van der Waals surface area contributed by atoms with Gasteiger partial charge in [-0.1, -0.05) is 66.7 Å². The van der Waals surface area contributed by atoms with Gasteiger partial charge in [-0.05, 0) is 60.8 Å². The molecule has 0 bridgehead atoms. The quantitative estimate of drug-likeness (QED) is 0.177. The van der Waals surface area contributed by atoms with Crippen molar-refractivity contribution in [3.63, 3.8) is 0 Å². The number of aryl methyl sites for hydroxylation is 2. The van der Waals surface area contributed by atoms with Crippen molar-refractivity contribution in [1.29, 1.82) is 0 Å². The molecule has 0 spiro atoms. The van der Waals surface area contributed by atoms with E-state index in [0.717, 1.165) is 18.4 Å². The van der Waals surface area contributed by atoms with E-state index in [-0.39, 0.29) is 29.8 Å². The third-order valence-corrected chi connectivity index (χ3v) is 5.62. The molecule has 0 unspecified atom stereocenters. The molecule has 0 atom stereocenters. The maximum atomic E-state index is 12.3. The molecule has 0 radical (unpaired) electrons. The summed E-state index contributed by atoms with van der Waals surface area (Å²) in [5.41, 5.74) is 3.52. The smallest absolute Gasteiger partial charge is 0.306 e. The Morgan fingerprint density at radius 1 is 0.676 bits per heavy atom. The summed E-state index contributed by atoms with van der Waals surface area (Å²) in [6.45, 7) is 0.314. The first-order valence-electron chi connectivity index (χ1n) is 12.2. The number of nitrogens with one attached hydrogen (secondary N) is 3. The molecular formula is C29H31N3O4S. The van der Waals surface area contributed by atoms with Gasteiger partial charge in [-0.25, -0.2) is 0 Å². The summed E-state index contributed by atoms with van der Waals surface area (Å²) in [6, 6.07) is 26.8. The number of amides is 2. The molecule has 3 rings (SSSR count). The first-order chi connectivity index (χ1) is 18.0. The fourth-order valence-corrected chi connectivity index (χ4v) is 3.78. The van der Waals surface area contributed by atoms with E-state index in [2.05, 4.69) is 16.0 Å². The van der Waals surface area contributed by atoms with Gasteiger partial charge in [0.05, 0.1) is 13.0 Å². The summed E-state index contributed by atoms with van der Waals surface area (Å²) in [4.78, 5) is 36.4. The van der Waals surface area contributed by atoms with Gasteiger partial charge in [0.25, 0.3) is 0 Å². The maximum Gasteiger partial charge on any atom is 0.306 e. The van der Waals surface area contributed by atoms with E-state index in [1.807, 2.05) is 60.7 Å². The molecule has 7 nitrogen and oxygen atoms in total. The fraction of sp³-hybridized carbons (Fsp3) is 0.241. The molecule has 0 aliphatic heterocycles. The van der Waals surface area contributed by atoms with Gasteiger partial charge >= 0.3 is 5.97 Å². The van der Waals surface area contributed by atoms with Crippen molar-refractivity contribution in [2.24, 2.45) is 0 Å². The minimum Gasteiger partial charge on any atom is -0.466 e. The lowest BCUT2D eigenvalue weighted by atomic mass is 10.1. The molecular weight excluding hydrogens is 486 g/mol. The lowest BCUT2D eigenvalue weighted by Gasteiger charge is -2.11. The molecule has 0 aliphatic rings. The standard InChI is InChI=1S/C29H31N3O4S/c33-26(17-16-23-11-5-2-6-12-23)30-24-14-7-15-25(21-24)31-29(37)32-27(34)18-19-28(35)36-20-8-13-22-9-3-1-4-10-22/h1-7,9-12,14-15,21H,8,13,16-20H2,(H,30,33)(H2,31,32,34,37). The van der Waals surface area contributed by atoms with Crippen molar-refractivity contribution in [2.75, 3.05) is 17.2 Å². The zero-order valence-corrected chi connectivity index (χ0v) is 21.4. The molecule has 0 fully saturated rings. The van der Waals surface area contributed by atoms with E-state index < -0.39 is 5.97 Å². The second-order valence-corrected chi connectivity index (χ2v) is 8.83. The van der Waals surface area contributed by atoms with Crippen molar-refractivity contribution in [3.8, 4) is 0 Å². The highest BCUT2D eigenvalue weighted by atomic mass is 32.1. The molecule has 0 heterocycles. The maximum absolute atomic E-state index is 12.3. The van der Waals surface area contributed by atoms with Crippen LogP contribution in [0.5, 0.6) is 0 Å². The summed E-state index contributed by atoms with van der Waals surface area (Å²) >= 11 is 5.20. The molecule has 0 saturated carbocycles. The van der Waals surface area contributed by atoms with Crippen LogP contribution in [-0.2, 0) is 32.0 Å². The summed E-state index contributed by atoms with van der Waals surface area (Å²) in [6.07, 6.45) is 2.52. The summed E-state index contributed by atoms with van der Waals surface area (Å²) in [5, 5.41) is 8.45. The van der Waals surface area contributed by atoms with E-state index in [1.165, 1.54) is 5.56 Å². The molecule has 3 aromatic rings. The van der Waals surface area contributed by atoms with Gasteiger partial charge in [0.1, 0.15) is 0 Å². The Hall–Kier alpha value is -4.04. The Morgan fingerprint density at radius 3 is 1.97 bits per heavy atom. The zero-order valence-electron chi connectivity index (χ0n) is 20.6. The molecule has 37 heavy (non-hydrogen) atoms. The van der Waals surface area contributed by atoms with E-state index in [9.17, 15) is 14.4 Å². The van der Waals surface area contributed by atoms with Gasteiger partial charge in [-0.15, -0.1) is 0 Å². The molecule has 192 valence electrons. The van der Waals surface area contributed by atoms with Crippen molar-refractivity contribution in [1.82, 2.24) is 5.32 Å². The number of benzene rings is 3. The van der Waals surface area contributed by atoms with Crippen molar-refractivity contribution in [3.05, 3.63) is 96.1 Å². The third kappa shape index (κ3) is 11.0. The second-order valence-electron chi connectivity index (χ2n) is 8.43. The van der Waals surface area contributed by atoms with Gasteiger partial charge in [-0.2, -0.15) is 0 Å². The predicted molar refractivity (Wildman–Crippen MR) is 149 cm³/mol. The number of esters is 1. The number of ether oxygens (including phenoxy) is 1. The second kappa shape index (κ2) is 15.2. The van der Waals surface area contributed by atoms with E-state index in [1.54, 1.807) is 24.3 Å². The molecule has 2 amide bonds. The number of thiocarbonyl (C=S) groups is 1. The lowest BCUT2D eigenvalue weighted by molar-refractivity contribution is -0.145. The highest BCUT2D eigenvalue weighted by Gasteiger charge is 2.10. The van der Waals surface area contributed by atoms with Crippen LogP contribution in [0.3, 0.4) is 0 Å². The van der Waals surface area contributed by atoms with Crippen LogP contribution < -0.4 is 16.0 Å². The van der Waals surface area contributed by atoms with Gasteiger partial charge in [-0.3, -0.25) is 14.4 Å².